The molecule has 1 saturated carbocycles. The summed E-state index contributed by atoms with van der Waals surface area (Å²) in [5.74, 6) is 2.43. The molecule has 0 radical (unpaired) electrons. The summed E-state index contributed by atoms with van der Waals surface area (Å²) in [4.78, 5) is 21.9. The van der Waals surface area contributed by atoms with Crippen LogP contribution in [0.5, 0.6) is 5.75 Å². The summed E-state index contributed by atoms with van der Waals surface area (Å²) in [5, 5.41) is 23.6. The van der Waals surface area contributed by atoms with Crippen molar-refractivity contribution in [3.8, 4) is 5.75 Å². The van der Waals surface area contributed by atoms with E-state index in [4.69, 9.17) is 24.5 Å². The zero-order valence-electron chi connectivity index (χ0n) is 19.6. The second kappa shape index (κ2) is 15.6. The summed E-state index contributed by atoms with van der Waals surface area (Å²) in [5.41, 5.74) is 1.35. The Balaban J connectivity index is 0.000000582. The van der Waals surface area contributed by atoms with Crippen molar-refractivity contribution in [2.45, 2.75) is 57.6 Å². The van der Waals surface area contributed by atoms with Gasteiger partial charge in [0, 0.05) is 19.6 Å². The standard InChI is InChI=1S/C23H36N2O2.2CH2O2/c26-22-14-20-17-25(18-21(20)15-22)16-19-7-6-8-23(13-19)27-12-5-4-11-24-9-2-1-3-10-24;2*2-1-3/h6-8,13,20-22,26H,1-5,9-12,14-18H2;2*1H,(H,2,3)/t20-,21+,22?;;. The van der Waals surface area contributed by atoms with Gasteiger partial charge in [-0.05, 0) is 87.7 Å². The summed E-state index contributed by atoms with van der Waals surface area (Å²) < 4.78 is 6.02. The zero-order chi connectivity index (χ0) is 23.9. The molecule has 1 aliphatic carbocycles. The average Bonchev–Trinajstić information content (AvgIpc) is 3.32. The number of aliphatic hydroxyl groups is 1. The molecule has 0 bridgehead atoms. The number of fused-ring (bicyclic) bond motifs is 1. The smallest absolute Gasteiger partial charge is 0.290 e. The second-order valence-electron chi connectivity index (χ2n) is 9.16. The van der Waals surface area contributed by atoms with E-state index in [-0.39, 0.29) is 19.0 Å². The van der Waals surface area contributed by atoms with E-state index in [0.717, 1.165) is 51.3 Å². The minimum atomic E-state index is -0.250. The molecule has 2 aliphatic heterocycles. The van der Waals surface area contributed by atoms with Crippen molar-refractivity contribution in [2.24, 2.45) is 11.8 Å². The normalized spacial score (nSPS) is 24.6. The summed E-state index contributed by atoms with van der Waals surface area (Å²) in [6.07, 6.45) is 8.50. The lowest BCUT2D eigenvalue weighted by Gasteiger charge is -2.26. The van der Waals surface area contributed by atoms with Crippen molar-refractivity contribution >= 4 is 12.9 Å². The number of carbonyl (C=O) groups is 2. The summed E-state index contributed by atoms with van der Waals surface area (Å²) in [7, 11) is 0. The van der Waals surface area contributed by atoms with Crippen molar-refractivity contribution in [3.05, 3.63) is 29.8 Å². The topological polar surface area (TPSA) is 111 Å². The summed E-state index contributed by atoms with van der Waals surface area (Å²) in [6.45, 7) is 7.43. The van der Waals surface area contributed by atoms with Gasteiger partial charge < -0.3 is 25.0 Å². The Labute approximate surface area is 197 Å². The highest BCUT2D eigenvalue weighted by Gasteiger charge is 2.39. The molecule has 186 valence electrons. The Morgan fingerprint density at radius 1 is 0.939 bits per heavy atom. The molecule has 3 atom stereocenters. The fourth-order valence-corrected chi connectivity index (χ4v) is 5.30. The molecule has 1 aromatic rings. The predicted molar refractivity (Wildman–Crippen MR) is 126 cm³/mol. The van der Waals surface area contributed by atoms with Crippen LogP contribution in [0.2, 0.25) is 0 Å². The van der Waals surface area contributed by atoms with Crippen molar-refractivity contribution in [3.63, 3.8) is 0 Å². The molecule has 1 unspecified atom stereocenters. The van der Waals surface area contributed by atoms with E-state index < -0.39 is 0 Å². The van der Waals surface area contributed by atoms with Gasteiger partial charge in [-0.3, -0.25) is 14.5 Å². The van der Waals surface area contributed by atoms with Crippen molar-refractivity contribution in [1.82, 2.24) is 9.80 Å². The number of ether oxygens (including phenoxy) is 1. The number of piperidine rings is 1. The van der Waals surface area contributed by atoms with Crippen LogP contribution in [0, 0.1) is 11.8 Å². The molecular weight excluding hydrogens is 424 g/mol. The van der Waals surface area contributed by atoms with Crippen LogP contribution in [0.15, 0.2) is 24.3 Å². The third kappa shape index (κ3) is 10.1. The number of nitrogens with zero attached hydrogens (tertiary/aromatic N) is 2. The van der Waals surface area contributed by atoms with Gasteiger partial charge in [0.15, 0.2) is 0 Å². The van der Waals surface area contributed by atoms with Crippen LogP contribution in [-0.4, -0.2) is 83.5 Å². The summed E-state index contributed by atoms with van der Waals surface area (Å²) in [6, 6.07) is 8.64. The maximum absolute atomic E-state index is 9.80. The van der Waals surface area contributed by atoms with Crippen LogP contribution >= 0.6 is 0 Å². The molecule has 3 fully saturated rings. The van der Waals surface area contributed by atoms with Crippen LogP contribution in [-0.2, 0) is 16.1 Å². The van der Waals surface area contributed by atoms with E-state index in [1.807, 2.05) is 0 Å². The van der Waals surface area contributed by atoms with Crippen molar-refractivity contribution in [2.75, 3.05) is 39.3 Å². The molecule has 4 rings (SSSR count). The predicted octanol–water partition coefficient (Wildman–Crippen LogP) is 2.94. The number of rotatable bonds is 8. The molecule has 1 aromatic carbocycles. The number of aliphatic hydroxyl groups excluding tert-OH is 1. The highest BCUT2D eigenvalue weighted by molar-refractivity contribution is 5.33. The Morgan fingerprint density at radius 2 is 1.58 bits per heavy atom. The molecule has 0 amide bonds. The minimum absolute atomic E-state index is 0.0474. The number of hydrogen-bond donors (Lipinski definition) is 3. The van der Waals surface area contributed by atoms with Gasteiger partial charge >= 0.3 is 0 Å². The maximum Gasteiger partial charge on any atom is 0.290 e. The van der Waals surface area contributed by atoms with E-state index >= 15 is 0 Å². The monoisotopic (exact) mass is 464 g/mol. The quantitative estimate of drug-likeness (QED) is 0.398. The number of unbranched alkanes of at least 4 members (excludes halogenated alkanes) is 1. The molecule has 8 heteroatoms. The van der Waals surface area contributed by atoms with Gasteiger partial charge in [-0.15, -0.1) is 0 Å². The van der Waals surface area contributed by atoms with Gasteiger partial charge in [0.05, 0.1) is 12.7 Å². The largest absolute Gasteiger partial charge is 0.494 e. The van der Waals surface area contributed by atoms with Crippen LogP contribution in [0.3, 0.4) is 0 Å². The molecule has 2 saturated heterocycles. The molecule has 8 nitrogen and oxygen atoms in total. The van der Waals surface area contributed by atoms with Gasteiger partial charge in [-0.25, -0.2) is 0 Å². The Kier molecular flexibility index (Phi) is 12.8. The van der Waals surface area contributed by atoms with Crippen molar-refractivity contribution in [1.29, 1.82) is 0 Å². The van der Waals surface area contributed by atoms with Crippen molar-refractivity contribution < 1.29 is 29.6 Å². The van der Waals surface area contributed by atoms with E-state index in [9.17, 15) is 5.11 Å². The molecule has 0 aromatic heterocycles. The Morgan fingerprint density at radius 3 is 2.21 bits per heavy atom. The molecule has 2 heterocycles. The fourth-order valence-electron chi connectivity index (χ4n) is 5.30. The van der Waals surface area contributed by atoms with E-state index in [0.29, 0.717) is 11.8 Å². The van der Waals surface area contributed by atoms with E-state index in [1.54, 1.807) is 0 Å². The highest BCUT2D eigenvalue weighted by Crippen LogP contribution is 2.38. The first-order valence-electron chi connectivity index (χ1n) is 12.1. The van der Waals surface area contributed by atoms with Gasteiger partial charge in [-0.2, -0.15) is 0 Å². The van der Waals surface area contributed by atoms with Crippen LogP contribution in [0.4, 0.5) is 0 Å². The van der Waals surface area contributed by atoms with E-state index in [1.165, 1.54) is 50.9 Å². The van der Waals surface area contributed by atoms with Crippen LogP contribution in [0.1, 0.15) is 50.5 Å². The molecular formula is C25H40N2O6. The van der Waals surface area contributed by atoms with Gasteiger partial charge in [0.1, 0.15) is 5.75 Å². The Hall–Kier alpha value is -2.16. The fraction of sp³-hybridized carbons (Fsp3) is 0.680. The minimum Gasteiger partial charge on any atom is -0.494 e. The second-order valence-corrected chi connectivity index (χ2v) is 9.16. The first-order valence-corrected chi connectivity index (χ1v) is 12.1. The molecule has 3 aliphatic rings. The van der Waals surface area contributed by atoms with E-state index in [2.05, 4.69) is 34.1 Å². The first-order chi connectivity index (χ1) is 16.1. The third-order valence-electron chi connectivity index (χ3n) is 6.69. The van der Waals surface area contributed by atoms with Crippen LogP contribution in [0.25, 0.3) is 0 Å². The number of hydrogen-bond acceptors (Lipinski definition) is 6. The lowest BCUT2D eigenvalue weighted by Crippen LogP contribution is -2.30. The Bertz CT molecular complexity index is 663. The number of benzene rings is 1. The number of carboxylic acid groups (broad SMARTS) is 2. The molecule has 33 heavy (non-hydrogen) atoms. The van der Waals surface area contributed by atoms with Gasteiger partial charge in [-0.1, -0.05) is 18.6 Å². The van der Waals surface area contributed by atoms with Gasteiger partial charge in [0.2, 0.25) is 0 Å². The number of likely N-dealkylation sites (tertiary alicyclic amines) is 2. The van der Waals surface area contributed by atoms with Gasteiger partial charge in [0.25, 0.3) is 12.9 Å². The molecule has 3 N–H and O–H groups in total. The zero-order valence-corrected chi connectivity index (χ0v) is 19.6. The van der Waals surface area contributed by atoms with Crippen LogP contribution < -0.4 is 4.74 Å². The lowest BCUT2D eigenvalue weighted by atomic mass is 10.0. The SMILES string of the molecule is O=CO.O=CO.OC1C[C@@H]2CN(Cc3cccc(OCCCCN4CCCCC4)c3)C[C@@H]2C1. The third-order valence-corrected chi connectivity index (χ3v) is 6.69. The summed E-state index contributed by atoms with van der Waals surface area (Å²) >= 11 is 0. The first kappa shape index (κ1) is 27.1. The average molecular weight is 465 g/mol. The lowest BCUT2D eigenvalue weighted by molar-refractivity contribution is -0.123. The maximum atomic E-state index is 9.80. The molecule has 0 spiro atoms. The highest BCUT2D eigenvalue weighted by atomic mass is 16.5.